The second-order valence-corrected chi connectivity index (χ2v) is 1.13. The molecule has 1 heterocycles. The molecular weight excluding hydrogens is 100 g/mol. The lowest BCUT2D eigenvalue weighted by atomic mass is 10.7. The zero-order valence-corrected chi connectivity index (χ0v) is 5.33. The SMILES string of the molecule is CC.Nn1cccc1. The molecule has 0 spiro atoms. The highest BCUT2D eigenvalue weighted by Crippen LogP contribution is 1.77. The summed E-state index contributed by atoms with van der Waals surface area (Å²) in [7, 11) is 0. The molecular formula is C6H12N2. The molecule has 1 rings (SSSR count). The second-order valence-electron chi connectivity index (χ2n) is 1.13. The average molecular weight is 112 g/mol. The molecule has 0 aromatic carbocycles. The minimum Gasteiger partial charge on any atom is -0.340 e. The largest absolute Gasteiger partial charge is 0.340 e. The topological polar surface area (TPSA) is 30.9 Å². The molecule has 0 aliphatic rings. The van der Waals surface area contributed by atoms with Crippen LogP contribution in [0.4, 0.5) is 0 Å². The molecule has 0 radical (unpaired) electrons. The molecule has 46 valence electrons. The van der Waals surface area contributed by atoms with E-state index in [-0.39, 0.29) is 0 Å². The van der Waals surface area contributed by atoms with Gasteiger partial charge >= 0.3 is 0 Å². The van der Waals surface area contributed by atoms with Crippen LogP contribution in [-0.2, 0) is 0 Å². The normalized spacial score (nSPS) is 7.25. The molecule has 1 aromatic heterocycles. The third-order valence-corrected chi connectivity index (χ3v) is 0.628. The molecule has 0 unspecified atom stereocenters. The first-order valence-electron chi connectivity index (χ1n) is 2.77. The summed E-state index contributed by atoms with van der Waals surface area (Å²) in [5.41, 5.74) is 0. The number of nitrogen functional groups attached to an aromatic ring is 1. The number of rotatable bonds is 0. The summed E-state index contributed by atoms with van der Waals surface area (Å²) < 4.78 is 1.50. The fourth-order valence-corrected chi connectivity index (χ4v) is 0.348. The van der Waals surface area contributed by atoms with Crippen molar-refractivity contribution < 1.29 is 0 Å². The molecule has 0 atom stereocenters. The highest BCUT2D eigenvalue weighted by molar-refractivity contribution is 4.89. The maximum atomic E-state index is 5.19. The van der Waals surface area contributed by atoms with Crippen LogP contribution in [0.15, 0.2) is 24.5 Å². The molecule has 8 heavy (non-hydrogen) atoms. The van der Waals surface area contributed by atoms with Crippen molar-refractivity contribution in [1.82, 2.24) is 4.68 Å². The Balaban J connectivity index is 0.000000222. The zero-order chi connectivity index (χ0) is 6.41. The summed E-state index contributed by atoms with van der Waals surface area (Å²) in [4.78, 5) is 0. The lowest BCUT2D eigenvalue weighted by Crippen LogP contribution is -2.02. The van der Waals surface area contributed by atoms with Gasteiger partial charge in [0.05, 0.1) is 0 Å². The van der Waals surface area contributed by atoms with Crippen LogP contribution in [-0.4, -0.2) is 4.68 Å². The van der Waals surface area contributed by atoms with Gasteiger partial charge in [-0.15, -0.1) is 0 Å². The summed E-state index contributed by atoms with van der Waals surface area (Å²) in [5, 5.41) is 0. The molecule has 0 fully saturated rings. The average Bonchev–Trinajstić information content (AvgIpc) is 2.24. The quantitative estimate of drug-likeness (QED) is 0.503. The molecule has 0 bridgehead atoms. The molecule has 2 N–H and O–H groups in total. The number of hydrogen-bond donors (Lipinski definition) is 1. The molecule has 2 nitrogen and oxygen atoms in total. The van der Waals surface area contributed by atoms with Gasteiger partial charge in [0.2, 0.25) is 0 Å². The van der Waals surface area contributed by atoms with Gasteiger partial charge < -0.3 is 5.84 Å². The Kier molecular flexibility index (Phi) is 3.76. The first-order chi connectivity index (χ1) is 3.89. The second kappa shape index (κ2) is 4.24. The highest BCUT2D eigenvalue weighted by atomic mass is 15.3. The van der Waals surface area contributed by atoms with Crippen molar-refractivity contribution in [2.45, 2.75) is 13.8 Å². The summed E-state index contributed by atoms with van der Waals surface area (Å²) in [6.45, 7) is 4.00. The zero-order valence-electron chi connectivity index (χ0n) is 5.33. The van der Waals surface area contributed by atoms with Gasteiger partial charge in [-0.05, 0) is 12.1 Å². The van der Waals surface area contributed by atoms with E-state index < -0.39 is 0 Å². The van der Waals surface area contributed by atoms with E-state index in [1.807, 2.05) is 26.0 Å². The van der Waals surface area contributed by atoms with Crippen molar-refractivity contribution in [2.75, 3.05) is 5.84 Å². The van der Waals surface area contributed by atoms with Gasteiger partial charge in [-0.1, -0.05) is 13.8 Å². The third-order valence-electron chi connectivity index (χ3n) is 0.628. The number of hydrogen-bond acceptors (Lipinski definition) is 1. The Morgan fingerprint density at radius 1 is 1.12 bits per heavy atom. The minimum absolute atomic E-state index is 1.50. The van der Waals surface area contributed by atoms with Crippen LogP contribution < -0.4 is 5.84 Å². The maximum Gasteiger partial charge on any atom is 0.0256 e. The Hall–Kier alpha value is -0.920. The van der Waals surface area contributed by atoms with Crippen molar-refractivity contribution in [3.8, 4) is 0 Å². The smallest absolute Gasteiger partial charge is 0.0256 e. The Bertz CT molecular complexity index is 110. The van der Waals surface area contributed by atoms with E-state index in [9.17, 15) is 0 Å². The Morgan fingerprint density at radius 3 is 1.62 bits per heavy atom. The number of nitrogens with zero attached hydrogens (tertiary/aromatic N) is 1. The van der Waals surface area contributed by atoms with Gasteiger partial charge in [0.1, 0.15) is 0 Å². The van der Waals surface area contributed by atoms with Gasteiger partial charge in [0.15, 0.2) is 0 Å². The van der Waals surface area contributed by atoms with Gasteiger partial charge in [-0.25, -0.2) is 0 Å². The van der Waals surface area contributed by atoms with Crippen molar-refractivity contribution in [1.29, 1.82) is 0 Å². The van der Waals surface area contributed by atoms with E-state index in [0.717, 1.165) is 0 Å². The van der Waals surface area contributed by atoms with Gasteiger partial charge in [0, 0.05) is 12.4 Å². The molecule has 1 aromatic rings. The van der Waals surface area contributed by atoms with Gasteiger partial charge in [-0.3, -0.25) is 4.68 Å². The molecule has 0 aliphatic heterocycles. The van der Waals surface area contributed by atoms with Crippen molar-refractivity contribution >= 4 is 0 Å². The highest BCUT2D eigenvalue weighted by Gasteiger charge is 1.68. The molecule has 0 saturated heterocycles. The van der Waals surface area contributed by atoms with Crippen LogP contribution in [0.1, 0.15) is 13.8 Å². The first kappa shape index (κ1) is 7.08. The molecule has 0 saturated carbocycles. The van der Waals surface area contributed by atoms with E-state index in [1.54, 1.807) is 12.4 Å². The van der Waals surface area contributed by atoms with Gasteiger partial charge in [-0.2, -0.15) is 0 Å². The lowest BCUT2D eigenvalue weighted by Gasteiger charge is -1.81. The van der Waals surface area contributed by atoms with Crippen LogP contribution in [0.3, 0.4) is 0 Å². The van der Waals surface area contributed by atoms with Crippen LogP contribution >= 0.6 is 0 Å². The van der Waals surface area contributed by atoms with E-state index >= 15 is 0 Å². The monoisotopic (exact) mass is 112 g/mol. The van der Waals surface area contributed by atoms with E-state index in [0.29, 0.717) is 0 Å². The maximum absolute atomic E-state index is 5.19. The fourth-order valence-electron chi connectivity index (χ4n) is 0.348. The Labute approximate surface area is 49.9 Å². The molecule has 0 aliphatic carbocycles. The summed E-state index contributed by atoms with van der Waals surface area (Å²) in [5.74, 6) is 5.19. The summed E-state index contributed by atoms with van der Waals surface area (Å²) in [6.07, 6.45) is 3.56. The van der Waals surface area contributed by atoms with Crippen molar-refractivity contribution in [3.05, 3.63) is 24.5 Å². The molecule has 0 amide bonds. The minimum atomic E-state index is 1.50. The van der Waals surface area contributed by atoms with E-state index in [1.165, 1.54) is 4.68 Å². The number of nitrogens with two attached hydrogens (primary N) is 1. The van der Waals surface area contributed by atoms with Crippen LogP contribution in [0.25, 0.3) is 0 Å². The standard InChI is InChI=1S/C4H6N2.C2H6/c5-6-3-1-2-4-6;1-2/h1-4H,5H2;1-2H3. The van der Waals surface area contributed by atoms with E-state index in [4.69, 9.17) is 5.84 Å². The van der Waals surface area contributed by atoms with Crippen LogP contribution in [0, 0.1) is 0 Å². The fraction of sp³-hybridized carbons (Fsp3) is 0.333. The summed E-state index contributed by atoms with van der Waals surface area (Å²) >= 11 is 0. The first-order valence-corrected chi connectivity index (χ1v) is 2.77. The van der Waals surface area contributed by atoms with Crippen LogP contribution in [0.5, 0.6) is 0 Å². The Morgan fingerprint density at radius 2 is 1.50 bits per heavy atom. The van der Waals surface area contributed by atoms with E-state index in [2.05, 4.69) is 0 Å². The predicted octanol–water partition coefficient (Wildman–Crippen LogP) is 1.23. The van der Waals surface area contributed by atoms with Gasteiger partial charge in [0.25, 0.3) is 0 Å². The predicted molar refractivity (Wildman–Crippen MR) is 35.9 cm³/mol. The van der Waals surface area contributed by atoms with Crippen LogP contribution in [0.2, 0.25) is 0 Å². The lowest BCUT2D eigenvalue weighted by molar-refractivity contribution is 1.02. The number of aromatic nitrogens is 1. The summed E-state index contributed by atoms with van der Waals surface area (Å²) in [6, 6.07) is 3.75. The molecule has 2 heteroatoms. The van der Waals surface area contributed by atoms with Crippen molar-refractivity contribution in [2.24, 2.45) is 0 Å². The third kappa shape index (κ3) is 2.29. The van der Waals surface area contributed by atoms with Crippen molar-refractivity contribution in [3.63, 3.8) is 0 Å².